The molecule has 4 N–H and O–H groups in total. The maximum absolute atomic E-state index is 11.3. The van der Waals surface area contributed by atoms with E-state index in [1.54, 1.807) is 16.8 Å². The number of carbonyl (C=O) groups is 2. The first kappa shape index (κ1) is 10.7. The van der Waals surface area contributed by atoms with Crippen molar-refractivity contribution in [3.63, 3.8) is 0 Å². The van der Waals surface area contributed by atoms with Gasteiger partial charge in [-0.25, -0.2) is 0 Å². The Morgan fingerprint density at radius 1 is 1.64 bits per heavy atom. The molecule has 76 valence electrons. The number of rotatable bonds is 4. The van der Waals surface area contributed by atoms with E-state index in [4.69, 9.17) is 10.8 Å². The van der Waals surface area contributed by atoms with Crippen molar-refractivity contribution in [1.29, 1.82) is 0 Å². The minimum atomic E-state index is -1.09. The van der Waals surface area contributed by atoms with E-state index in [9.17, 15) is 9.59 Å². The third-order valence-electron chi connectivity index (χ3n) is 1.52. The third-order valence-corrected chi connectivity index (χ3v) is 2.20. The maximum atomic E-state index is 11.3. The Balaban J connectivity index is 2.46. The second-order valence-corrected chi connectivity index (χ2v) is 3.49. The number of aliphatic carboxylic acids is 1. The number of hydrogen-bond acceptors (Lipinski definition) is 4. The third kappa shape index (κ3) is 3.15. The lowest BCUT2D eigenvalue weighted by Crippen LogP contribution is -2.37. The first-order valence-corrected chi connectivity index (χ1v) is 4.84. The van der Waals surface area contributed by atoms with E-state index in [0.717, 1.165) is 0 Å². The van der Waals surface area contributed by atoms with Crippen LogP contribution in [-0.2, 0) is 9.59 Å². The zero-order valence-electron chi connectivity index (χ0n) is 7.27. The summed E-state index contributed by atoms with van der Waals surface area (Å²) in [5.74, 6) is -1.57. The fraction of sp³-hybridized carbons (Fsp3) is 0.250. The van der Waals surface area contributed by atoms with E-state index >= 15 is 0 Å². The van der Waals surface area contributed by atoms with Gasteiger partial charge in [-0.05, 0) is 11.4 Å². The Kier molecular flexibility index (Phi) is 3.61. The average molecular weight is 214 g/mol. The first-order chi connectivity index (χ1) is 6.59. The molecule has 1 atom stereocenters. The molecule has 1 aromatic rings. The lowest BCUT2D eigenvalue weighted by atomic mass is 10.2. The van der Waals surface area contributed by atoms with Crippen LogP contribution in [0.4, 0.5) is 5.69 Å². The predicted molar refractivity (Wildman–Crippen MR) is 53.2 cm³/mol. The number of anilines is 1. The first-order valence-electron chi connectivity index (χ1n) is 3.90. The minimum Gasteiger partial charge on any atom is -0.481 e. The van der Waals surface area contributed by atoms with Crippen LogP contribution in [0.1, 0.15) is 6.42 Å². The molecule has 1 unspecified atom stereocenters. The van der Waals surface area contributed by atoms with E-state index in [0.29, 0.717) is 5.69 Å². The molecule has 1 heterocycles. The largest absolute Gasteiger partial charge is 0.481 e. The van der Waals surface area contributed by atoms with Crippen molar-refractivity contribution in [2.75, 3.05) is 5.32 Å². The van der Waals surface area contributed by atoms with Gasteiger partial charge in [0.2, 0.25) is 5.91 Å². The molecule has 5 nitrogen and oxygen atoms in total. The highest BCUT2D eigenvalue weighted by Gasteiger charge is 2.16. The van der Waals surface area contributed by atoms with Crippen molar-refractivity contribution in [2.24, 2.45) is 5.73 Å². The highest BCUT2D eigenvalue weighted by Crippen LogP contribution is 2.11. The number of carboxylic acid groups (broad SMARTS) is 1. The van der Waals surface area contributed by atoms with Crippen LogP contribution in [0.5, 0.6) is 0 Å². The Hall–Kier alpha value is -1.40. The van der Waals surface area contributed by atoms with Crippen molar-refractivity contribution < 1.29 is 14.7 Å². The summed E-state index contributed by atoms with van der Waals surface area (Å²) in [5, 5.41) is 14.5. The van der Waals surface area contributed by atoms with Gasteiger partial charge in [-0.2, -0.15) is 11.3 Å². The monoisotopic (exact) mass is 214 g/mol. The van der Waals surface area contributed by atoms with E-state index in [1.165, 1.54) is 11.3 Å². The van der Waals surface area contributed by atoms with Gasteiger partial charge in [-0.3, -0.25) is 9.59 Å². The topological polar surface area (TPSA) is 92.4 Å². The zero-order chi connectivity index (χ0) is 10.6. The summed E-state index contributed by atoms with van der Waals surface area (Å²) in [6.07, 6.45) is -0.365. The molecular weight excluding hydrogens is 204 g/mol. The number of amides is 1. The molecule has 1 amide bonds. The van der Waals surface area contributed by atoms with E-state index in [1.807, 2.05) is 0 Å². The molecule has 0 aliphatic heterocycles. The zero-order valence-corrected chi connectivity index (χ0v) is 8.08. The molecule has 0 fully saturated rings. The number of nitrogens with two attached hydrogens (primary N) is 1. The number of carboxylic acids is 1. The molecule has 0 saturated carbocycles. The number of hydrogen-bond donors (Lipinski definition) is 3. The van der Waals surface area contributed by atoms with Crippen molar-refractivity contribution in [3.05, 3.63) is 16.8 Å². The SMILES string of the molecule is NC(CC(=O)O)C(=O)Nc1ccsc1. The van der Waals surface area contributed by atoms with E-state index < -0.39 is 17.9 Å². The van der Waals surface area contributed by atoms with Crippen LogP contribution in [0.25, 0.3) is 0 Å². The Morgan fingerprint density at radius 3 is 2.86 bits per heavy atom. The quantitative estimate of drug-likeness (QED) is 0.680. The minimum absolute atomic E-state index is 0.365. The second kappa shape index (κ2) is 4.73. The summed E-state index contributed by atoms with van der Waals surface area (Å²) in [4.78, 5) is 21.5. The molecule has 14 heavy (non-hydrogen) atoms. The van der Waals surface area contributed by atoms with Crippen LogP contribution in [0, 0.1) is 0 Å². The smallest absolute Gasteiger partial charge is 0.305 e. The average Bonchev–Trinajstić information content (AvgIpc) is 2.55. The molecular formula is C8H10N2O3S. The van der Waals surface area contributed by atoms with Crippen molar-refractivity contribution in [2.45, 2.75) is 12.5 Å². The predicted octanol–water partition coefficient (Wildman–Crippen LogP) is 0.489. The fourth-order valence-corrected chi connectivity index (χ4v) is 1.44. The Labute approximate surface area is 84.5 Å². The van der Waals surface area contributed by atoms with Crippen LogP contribution >= 0.6 is 11.3 Å². The summed E-state index contributed by atoms with van der Waals surface area (Å²) in [5.41, 5.74) is 5.98. The van der Waals surface area contributed by atoms with Gasteiger partial charge >= 0.3 is 5.97 Å². The molecule has 0 aromatic carbocycles. The van der Waals surface area contributed by atoms with Crippen molar-refractivity contribution in [3.8, 4) is 0 Å². The summed E-state index contributed by atoms with van der Waals surface area (Å²) < 4.78 is 0. The van der Waals surface area contributed by atoms with Gasteiger partial charge in [0.15, 0.2) is 0 Å². The van der Waals surface area contributed by atoms with Crippen LogP contribution in [-0.4, -0.2) is 23.0 Å². The van der Waals surface area contributed by atoms with Crippen LogP contribution in [0.15, 0.2) is 16.8 Å². The Morgan fingerprint density at radius 2 is 2.36 bits per heavy atom. The standard InChI is InChI=1S/C8H10N2O3S/c9-6(3-7(11)12)8(13)10-5-1-2-14-4-5/h1-2,4,6H,3,9H2,(H,10,13)(H,11,12). The van der Waals surface area contributed by atoms with Gasteiger partial charge in [0.25, 0.3) is 0 Å². The summed E-state index contributed by atoms with van der Waals surface area (Å²) in [6.45, 7) is 0. The van der Waals surface area contributed by atoms with Crippen LogP contribution in [0.2, 0.25) is 0 Å². The molecule has 0 radical (unpaired) electrons. The van der Waals surface area contributed by atoms with Crippen molar-refractivity contribution in [1.82, 2.24) is 0 Å². The van der Waals surface area contributed by atoms with Gasteiger partial charge in [-0.1, -0.05) is 0 Å². The highest BCUT2D eigenvalue weighted by molar-refractivity contribution is 7.08. The molecule has 0 aliphatic rings. The molecule has 1 aromatic heterocycles. The summed E-state index contributed by atoms with van der Waals surface area (Å²) in [7, 11) is 0. The second-order valence-electron chi connectivity index (χ2n) is 2.71. The molecule has 0 aliphatic carbocycles. The molecule has 0 spiro atoms. The van der Waals surface area contributed by atoms with E-state index in [-0.39, 0.29) is 6.42 Å². The summed E-state index contributed by atoms with van der Waals surface area (Å²) in [6, 6.07) is 0.711. The lowest BCUT2D eigenvalue weighted by Gasteiger charge is -2.08. The number of carbonyl (C=O) groups excluding carboxylic acids is 1. The number of thiophene rings is 1. The van der Waals surface area contributed by atoms with E-state index in [2.05, 4.69) is 5.32 Å². The van der Waals surface area contributed by atoms with Crippen molar-refractivity contribution >= 4 is 28.9 Å². The summed E-state index contributed by atoms with van der Waals surface area (Å²) >= 11 is 1.44. The van der Waals surface area contributed by atoms with Gasteiger partial charge in [0, 0.05) is 5.38 Å². The van der Waals surface area contributed by atoms with Gasteiger partial charge in [0.1, 0.15) is 0 Å². The molecule has 0 bridgehead atoms. The number of nitrogens with one attached hydrogen (secondary N) is 1. The van der Waals surface area contributed by atoms with Gasteiger partial charge in [-0.15, -0.1) is 0 Å². The molecule has 1 rings (SSSR count). The Bertz CT molecular complexity index is 323. The lowest BCUT2D eigenvalue weighted by molar-refractivity contribution is -0.138. The fourth-order valence-electron chi connectivity index (χ4n) is 0.851. The van der Waals surface area contributed by atoms with Crippen LogP contribution < -0.4 is 11.1 Å². The molecule has 0 saturated heterocycles. The van der Waals surface area contributed by atoms with Gasteiger partial charge < -0.3 is 16.2 Å². The normalized spacial score (nSPS) is 12.1. The van der Waals surface area contributed by atoms with Gasteiger partial charge in [0.05, 0.1) is 18.2 Å². The highest BCUT2D eigenvalue weighted by atomic mass is 32.1. The van der Waals surface area contributed by atoms with Crippen LogP contribution in [0.3, 0.4) is 0 Å². The molecule has 6 heteroatoms. The maximum Gasteiger partial charge on any atom is 0.305 e.